The fraction of sp³-hybridized carbons (Fsp3) is 1.00. The Morgan fingerprint density at radius 1 is 1.23 bits per heavy atom. The fourth-order valence-electron chi connectivity index (χ4n) is 3.44. The van der Waals surface area contributed by atoms with E-state index < -0.39 is 0 Å². The van der Waals surface area contributed by atoms with Crippen molar-refractivity contribution >= 4 is 0 Å². The van der Waals surface area contributed by atoms with Gasteiger partial charge in [-0.3, -0.25) is 0 Å². The predicted molar refractivity (Wildman–Crippen MR) is 56.6 cm³/mol. The van der Waals surface area contributed by atoms with Crippen molar-refractivity contribution in [1.82, 2.24) is 5.32 Å². The zero-order valence-electron chi connectivity index (χ0n) is 9.22. The molecule has 1 nitrogen and oxygen atoms in total. The van der Waals surface area contributed by atoms with Crippen LogP contribution in [0.4, 0.5) is 0 Å². The molecule has 13 heavy (non-hydrogen) atoms. The molecule has 0 aromatic heterocycles. The summed E-state index contributed by atoms with van der Waals surface area (Å²) in [6.07, 6.45) is 6.02. The van der Waals surface area contributed by atoms with Gasteiger partial charge in [0.05, 0.1) is 0 Å². The molecule has 0 heterocycles. The van der Waals surface area contributed by atoms with E-state index >= 15 is 0 Å². The summed E-state index contributed by atoms with van der Waals surface area (Å²) in [5.41, 5.74) is 0. The second-order valence-electron chi connectivity index (χ2n) is 5.31. The van der Waals surface area contributed by atoms with E-state index in [0.717, 1.165) is 29.7 Å². The van der Waals surface area contributed by atoms with E-state index in [9.17, 15) is 0 Å². The first-order valence-corrected chi connectivity index (χ1v) is 5.91. The van der Waals surface area contributed by atoms with Crippen LogP contribution >= 0.6 is 0 Å². The Kier molecular flexibility index (Phi) is 2.64. The Bertz CT molecular complexity index is 176. The highest BCUT2D eigenvalue weighted by Crippen LogP contribution is 2.54. The van der Waals surface area contributed by atoms with Crippen LogP contribution in [0.25, 0.3) is 0 Å². The maximum Gasteiger partial charge on any atom is 0.0118 e. The minimum absolute atomic E-state index is 0.773. The number of rotatable bonds is 3. The summed E-state index contributed by atoms with van der Waals surface area (Å²) in [5, 5.41) is 3.53. The van der Waals surface area contributed by atoms with E-state index in [-0.39, 0.29) is 0 Å². The molecule has 1 N–H and O–H groups in total. The van der Waals surface area contributed by atoms with Gasteiger partial charge in [0.25, 0.3) is 0 Å². The third-order valence-corrected chi connectivity index (χ3v) is 4.15. The van der Waals surface area contributed by atoms with Crippen LogP contribution < -0.4 is 5.32 Å². The van der Waals surface area contributed by atoms with E-state index in [4.69, 9.17) is 0 Å². The summed E-state index contributed by atoms with van der Waals surface area (Å²) in [4.78, 5) is 0. The zero-order valence-corrected chi connectivity index (χ0v) is 9.22. The maximum absolute atomic E-state index is 3.53. The summed E-state index contributed by atoms with van der Waals surface area (Å²) in [6, 6.07) is 0.773. The molecule has 1 heteroatoms. The molecule has 4 atom stereocenters. The highest BCUT2D eigenvalue weighted by atomic mass is 14.9. The molecule has 4 unspecified atom stereocenters. The molecule has 2 aliphatic rings. The van der Waals surface area contributed by atoms with Crippen LogP contribution in [0.5, 0.6) is 0 Å². The van der Waals surface area contributed by atoms with Crippen LogP contribution in [0.3, 0.4) is 0 Å². The largest absolute Gasteiger partial charge is 0.316 e. The molecule has 0 spiro atoms. The van der Waals surface area contributed by atoms with Gasteiger partial charge >= 0.3 is 0 Å². The molecule has 0 aromatic carbocycles. The number of hydrogen-bond donors (Lipinski definition) is 1. The predicted octanol–water partition coefficient (Wildman–Crippen LogP) is 2.67. The summed E-state index contributed by atoms with van der Waals surface area (Å²) in [6.45, 7) is 4.71. The Hall–Kier alpha value is -0.0400. The van der Waals surface area contributed by atoms with Crippen LogP contribution in [0, 0.1) is 23.7 Å². The van der Waals surface area contributed by atoms with Crippen LogP contribution in [-0.4, -0.2) is 13.1 Å². The first-order valence-electron chi connectivity index (χ1n) is 5.91. The van der Waals surface area contributed by atoms with Crippen LogP contribution in [-0.2, 0) is 0 Å². The quantitative estimate of drug-likeness (QED) is 0.706. The molecule has 0 amide bonds. The van der Waals surface area contributed by atoms with Gasteiger partial charge < -0.3 is 5.32 Å². The van der Waals surface area contributed by atoms with E-state index in [1.165, 1.54) is 25.7 Å². The fourth-order valence-corrected chi connectivity index (χ4v) is 3.44. The van der Waals surface area contributed by atoms with Gasteiger partial charge in [-0.05, 0) is 43.6 Å². The van der Waals surface area contributed by atoms with Crippen molar-refractivity contribution in [1.29, 1.82) is 0 Å². The van der Waals surface area contributed by atoms with Crippen molar-refractivity contribution in [3.8, 4) is 0 Å². The molecular weight excluding hydrogens is 158 g/mol. The minimum atomic E-state index is 0.773. The average Bonchev–Trinajstić information content (AvgIpc) is 2.84. The van der Waals surface area contributed by atoms with E-state index in [2.05, 4.69) is 26.2 Å². The SMILES string of the molecule is CNC(C(C)C)C1CCCC2CC21. The van der Waals surface area contributed by atoms with Crippen molar-refractivity contribution in [2.24, 2.45) is 23.7 Å². The monoisotopic (exact) mass is 181 g/mol. The molecule has 2 fully saturated rings. The lowest BCUT2D eigenvalue weighted by molar-refractivity contribution is 0.217. The molecular formula is C12H23N. The van der Waals surface area contributed by atoms with Gasteiger partial charge in [-0.1, -0.05) is 26.7 Å². The molecule has 2 saturated carbocycles. The lowest BCUT2D eigenvalue weighted by atomic mass is 9.79. The van der Waals surface area contributed by atoms with Gasteiger partial charge in [-0.2, -0.15) is 0 Å². The molecule has 0 bridgehead atoms. The highest BCUT2D eigenvalue weighted by molar-refractivity contribution is 4.99. The summed E-state index contributed by atoms with van der Waals surface area (Å²) in [7, 11) is 2.14. The molecule has 0 aromatic rings. The van der Waals surface area contributed by atoms with E-state index in [1.54, 1.807) is 0 Å². The smallest absolute Gasteiger partial charge is 0.0118 e. The molecule has 0 aliphatic heterocycles. The molecule has 2 aliphatic carbocycles. The zero-order chi connectivity index (χ0) is 9.42. The van der Waals surface area contributed by atoms with Crippen molar-refractivity contribution in [3.63, 3.8) is 0 Å². The molecule has 0 radical (unpaired) electrons. The molecule has 0 saturated heterocycles. The van der Waals surface area contributed by atoms with Crippen molar-refractivity contribution in [2.45, 2.75) is 45.6 Å². The third-order valence-electron chi connectivity index (χ3n) is 4.15. The van der Waals surface area contributed by atoms with Crippen molar-refractivity contribution < 1.29 is 0 Å². The van der Waals surface area contributed by atoms with Gasteiger partial charge in [-0.25, -0.2) is 0 Å². The van der Waals surface area contributed by atoms with Gasteiger partial charge in [0.2, 0.25) is 0 Å². The maximum atomic E-state index is 3.53. The average molecular weight is 181 g/mol. The van der Waals surface area contributed by atoms with E-state index in [0.29, 0.717) is 0 Å². The standard InChI is InChI=1S/C12H23N/c1-8(2)12(13-3)10-6-4-5-9-7-11(9)10/h8-13H,4-7H2,1-3H3. The third kappa shape index (κ3) is 1.76. The van der Waals surface area contributed by atoms with Crippen molar-refractivity contribution in [3.05, 3.63) is 0 Å². The van der Waals surface area contributed by atoms with Crippen LogP contribution in [0.2, 0.25) is 0 Å². The van der Waals surface area contributed by atoms with Crippen molar-refractivity contribution in [2.75, 3.05) is 7.05 Å². The second-order valence-corrected chi connectivity index (χ2v) is 5.31. The Morgan fingerprint density at radius 3 is 2.62 bits per heavy atom. The van der Waals surface area contributed by atoms with Crippen LogP contribution in [0.15, 0.2) is 0 Å². The highest BCUT2D eigenvalue weighted by Gasteiger charge is 2.47. The number of nitrogens with one attached hydrogen (secondary N) is 1. The number of fused-ring (bicyclic) bond motifs is 1. The van der Waals surface area contributed by atoms with Crippen LogP contribution in [0.1, 0.15) is 39.5 Å². The second kappa shape index (κ2) is 3.61. The molecule has 2 rings (SSSR count). The normalized spacial score (nSPS) is 40.2. The minimum Gasteiger partial charge on any atom is -0.316 e. The van der Waals surface area contributed by atoms with Gasteiger partial charge in [-0.15, -0.1) is 0 Å². The topological polar surface area (TPSA) is 12.0 Å². The summed E-state index contributed by atoms with van der Waals surface area (Å²) < 4.78 is 0. The number of hydrogen-bond acceptors (Lipinski definition) is 1. The lowest BCUT2D eigenvalue weighted by Gasteiger charge is -2.32. The van der Waals surface area contributed by atoms with Gasteiger partial charge in [0.1, 0.15) is 0 Å². The Morgan fingerprint density at radius 2 is 2.00 bits per heavy atom. The van der Waals surface area contributed by atoms with Gasteiger partial charge in [0.15, 0.2) is 0 Å². The first kappa shape index (κ1) is 9.51. The van der Waals surface area contributed by atoms with E-state index in [1.807, 2.05) is 0 Å². The Balaban J connectivity index is 1.97. The molecule has 76 valence electrons. The first-order chi connectivity index (χ1) is 6.24. The summed E-state index contributed by atoms with van der Waals surface area (Å²) >= 11 is 0. The van der Waals surface area contributed by atoms with Gasteiger partial charge in [0, 0.05) is 6.04 Å². The Labute approximate surface area is 82.3 Å². The lowest BCUT2D eigenvalue weighted by Crippen LogP contribution is -2.40. The summed E-state index contributed by atoms with van der Waals surface area (Å²) in [5.74, 6) is 4.00.